The Labute approximate surface area is 158 Å². The van der Waals surface area contributed by atoms with Gasteiger partial charge >= 0.3 is 0 Å². The van der Waals surface area contributed by atoms with Crippen LogP contribution in [-0.4, -0.2) is 38.9 Å². The van der Waals surface area contributed by atoms with Crippen LogP contribution in [0, 0.1) is 6.92 Å². The number of hydrogen-bond acceptors (Lipinski definition) is 4. The minimum atomic E-state index is -0.164. The number of furan rings is 1. The van der Waals surface area contributed by atoms with Gasteiger partial charge in [-0.2, -0.15) is 0 Å². The molecule has 0 aromatic carbocycles. The first-order valence-corrected chi connectivity index (χ1v) is 9.73. The molecule has 0 saturated heterocycles. The predicted octanol–water partition coefficient (Wildman–Crippen LogP) is 2.60. The van der Waals surface area contributed by atoms with Gasteiger partial charge in [0.05, 0.1) is 24.4 Å². The molecule has 7 heteroatoms. The quantitative estimate of drug-likeness (QED) is 0.897. The van der Waals surface area contributed by atoms with E-state index in [-0.39, 0.29) is 24.3 Å². The van der Waals surface area contributed by atoms with Crippen LogP contribution in [0.1, 0.15) is 66.3 Å². The summed E-state index contributed by atoms with van der Waals surface area (Å²) < 4.78 is 7.42. The molecule has 2 aliphatic rings. The average molecular weight is 370 g/mol. The topological polar surface area (TPSA) is 80.4 Å². The first kappa shape index (κ1) is 17.8. The molecular formula is C20H26N4O3. The number of nitrogens with one attached hydrogen (secondary N) is 1. The zero-order valence-corrected chi connectivity index (χ0v) is 15.9. The predicted molar refractivity (Wildman–Crippen MR) is 99.2 cm³/mol. The van der Waals surface area contributed by atoms with E-state index in [4.69, 9.17) is 4.42 Å². The fourth-order valence-electron chi connectivity index (χ4n) is 4.15. The molecule has 0 unspecified atom stereocenters. The highest BCUT2D eigenvalue weighted by Gasteiger charge is 2.32. The third-order valence-corrected chi connectivity index (χ3v) is 5.66. The summed E-state index contributed by atoms with van der Waals surface area (Å²) in [4.78, 5) is 31.6. The molecule has 3 heterocycles. The molecule has 0 radical (unpaired) electrons. The smallest absolute Gasteiger partial charge is 0.290 e. The summed E-state index contributed by atoms with van der Waals surface area (Å²) in [7, 11) is 0. The zero-order chi connectivity index (χ0) is 19.0. The lowest BCUT2D eigenvalue weighted by atomic mass is 10.1. The first-order valence-electron chi connectivity index (χ1n) is 9.73. The molecule has 2 amide bonds. The highest BCUT2D eigenvalue weighted by Crippen LogP contribution is 2.27. The first-order chi connectivity index (χ1) is 13.0. The van der Waals surface area contributed by atoms with Gasteiger partial charge in [0, 0.05) is 30.9 Å². The van der Waals surface area contributed by atoms with Crippen molar-refractivity contribution in [2.75, 3.05) is 6.54 Å². The third-order valence-electron chi connectivity index (χ3n) is 5.66. The molecule has 0 bridgehead atoms. The fourth-order valence-corrected chi connectivity index (χ4v) is 4.15. The Balaban J connectivity index is 1.45. The molecule has 27 heavy (non-hydrogen) atoms. The number of carbonyl (C=O) groups excluding carboxylic acids is 2. The van der Waals surface area contributed by atoms with E-state index < -0.39 is 0 Å². The Morgan fingerprint density at radius 1 is 1.30 bits per heavy atom. The lowest BCUT2D eigenvalue weighted by Crippen LogP contribution is -2.41. The molecule has 1 N–H and O–H groups in total. The number of amides is 2. The minimum absolute atomic E-state index is 0.0316. The Hall–Kier alpha value is -2.57. The van der Waals surface area contributed by atoms with E-state index in [2.05, 4.69) is 14.9 Å². The van der Waals surface area contributed by atoms with Crippen molar-refractivity contribution in [3.63, 3.8) is 0 Å². The van der Waals surface area contributed by atoms with Crippen LogP contribution in [0.2, 0.25) is 0 Å². The number of imidazole rings is 1. The second-order valence-electron chi connectivity index (χ2n) is 7.62. The molecule has 1 atom stereocenters. The van der Waals surface area contributed by atoms with Gasteiger partial charge in [0.25, 0.3) is 5.91 Å². The number of fused-ring (bicyclic) bond motifs is 1. The van der Waals surface area contributed by atoms with Crippen LogP contribution >= 0.6 is 0 Å². The Morgan fingerprint density at radius 3 is 2.78 bits per heavy atom. The van der Waals surface area contributed by atoms with Gasteiger partial charge in [0.1, 0.15) is 5.82 Å². The van der Waals surface area contributed by atoms with E-state index in [0.717, 1.165) is 29.9 Å². The summed E-state index contributed by atoms with van der Waals surface area (Å²) in [5.74, 6) is 1.13. The molecule has 2 aromatic heterocycles. The molecule has 2 aromatic rings. The molecule has 144 valence electrons. The van der Waals surface area contributed by atoms with Gasteiger partial charge < -0.3 is 19.2 Å². The van der Waals surface area contributed by atoms with Gasteiger partial charge in [-0.25, -0.2) is 4.98 Å². The number of aryl methyl sites for hydroxylation is 1. The Morgan fingerprint density at radius 2 is 2.07 bits per heavy atom. The van der Waals surface area contributed by atoms with Gasteiger partial charge in [-0.3, -0.25) is 9.59 Å². The number of rotatable bonds is 4. The van der Waals surface area contributed by atoms with E-state index in [9.17, 15) is 9.59 Å². The van der Waals surface area contributed by atoms with Crippen molar-refractivity contribution in [1.82, 2.24) is 19.8 Å². The number of nitrogens with zero attached hydrogens (tertiary/aromatic N) is 3. The Kier molecular flexibility index (Phi) is 4.76. The number of aromatic nitrogens is 2. The molecular weight excluding hydrogens is 344 g/mol. The Bertz CT molecular complexity index is 847. The monoisotopic (exact) mass is 370 g/mol. The molecule has 1 aliphatic carbocycles. The second kappa shape index (κ2) is 7.21. The lowest BCUT2D eigenvalue weighted by molar-refractivity contribution is -0.121. The second-order valence-corrected chi connectivity index (χ2v) is 7.62. The summed E-state index contributed by atoms with van der Waals surface area (Å²) in [5, 5.41) is 3.11. The van der Waals surface area contributed by atoms with Crippen LogP contribution in [0.4, 0.5) is 0 Å². The van der Waals surface area contributed by atoms with Gasteiger partial charge in [-0.15, -0.1) is 0 Å². The van der Waals surface area contributed by atoms with Crippen molar-refractivity contribution in [1.29, 1.82) is 0 Å². The van der Waals surface area contributed by atoms with Crippen molar-refractivity contribution >= 4 is 11.8 Å². The summed E-state index contributed by atoms with van der Waals surface area (Å²) in [6, 6.07) is 1.95. The summed E-state index contributed by atoms with van der Waals surface area (Å²) in [5.41, 5.74) is 1.60. The van der Waals surface area contributed by atoms with Crippen molar-refractivity contribution < 1.29 is 14.0 Å². The molecule has 1 fully saturated rings. The van der Waals surface area contributed by atoms with E-state index in [1.54, 1.807) is 17.2 Å². The van der Waals surface area contributed by atoms with Crippen molar-refractivity contribution in [3.05, 3.63) is 41.4 Å². The van der Waals surface area contributed by atoms with Gasteiger partial charge in [-0.05, 0) is 32.8 Å². The van der Waals surface area contributed by atoms with Gasteiger partial charge in [-0.1, -0.05) is 12.8 Å². The summed E-state index contributed by atoms with van der Waals surface area (Å²) in [6.07, 6.45) is 8.31. The maximum atomic E-state index is 12.8. The summed E-state index contributed by atoms with van der Waals surface area (Å²) >= 11 is 0. The average Bonchev–Trinajstić information content (AvgIpc) is 3.36. The standard InChI is InChI=1S/C20H26N4O3/c1-13-7-10-27-18(13)20(26)24-9-8-23-12-16(22-19(23)14(24)2)11-17(25)21-15-5-3-4-6-15/h7,10,12,14-15H,3-6,8-9,11H2,1-2H3,(H,21,25)/t14-/m0/s1. The maximum Gasteiger partial charge on any atom is 0.290 e. The summed E-state index contributed by atoms with van der Waals surface area (Å²) in [6.45, 7) is 5.10. The SMILES string of the molecule is Cc1ccoc1C(=O)N1CCn2cc(CC(=O)NC3CCCC3)nc2[C@@H]1C. The highest BCUT2D eigenvalue weighted by atomic mass is 16.3. The van der Waals surface area contributed by atoms with Crippen molar-refractivity contribution in [2.45, 2.75) is 64.6 Å². The zero-order valence-electron chi connectivity index (χ0n) is 15.9. The van der Waals surface area contributed by atoms with Gasteiger partial charge in [0.2, 0.25) is 5.91 Å². The van der Waals surface area contributed by atoms with Crippen LogP contribution in [0.5, 0.6) is 0 Å². The fraction of sp³-hybridized carbons (Fsp3) is 0.550. The third kappa shape index (κ3) is 3.50. The lowest BCUT2D eigenvalue weighted by Gasteiger charge is -2.33. The largest absolute Gasteiger partial charge is 0.459 e. The molecule has 1 saturated carbocycles. The number of hydrogen-bond donors (Lipinski definition) is 1. The highest BCUT2D eigenvalue weighted by molar-refractivity contribution is 5.93. The van der Waals surface area contributed by atoms with Crippen LogP contribution < -0.4 is 5.32 Å². The van der Waals surface area contributed by atoms with Crippen LogP contribution in [-0.2, 0) is 17.8 Å². The van der Waals surface area contributed by atoms with Crippen LogP contribution in [0.25, 0.3) is 0 Å². The molecule has 1 aliphatic heterocycles. The van der Waals surface area contributed by atoms with E-state index in [0.29, 0.717) is 24.9 Å². The minimum Gasteiger partial charge on any atom is -0.459 e. The number of carbonyl (C=O) groups is 2. The van der Waals surface area contributed by atoms with Crippen molar-refractivity contribution in [2.24, 2.45) is 0 Å². The normalized spacial score (nSPS) is 19.9. The van der Waals surface area contributed by atoms with Crippen molar-refractivity contribution in [3.8, 4) is 0 Å². The van der Waals surface area contributed by atoms with E-state index in [1.807, 2.05) is 20.0 Å². The van der Waals surface area contributed by atoms with E-state index in [1.165, 1.54) is 12.8 Å². The maximum absolute atomic E-state index is 12.8. The molecule has 7 nitrogen and oxygen atoms in total. The van der Waals surface area contributed by atoms with E-state index >= 15 is 0 Å². The molecule has 4 rings (SSSR count). The van der Waals surface area contributed by atoms with Crippen LogP contribution in [0.3, 0.4) is 0 Å². The van der Waals surface area contributed by atoms with Crippen LogP contribution in [0.15, 0.2) is 22.9 Å². The molecule has 0 spiro atoms. The van der Waals surface area contributed by atoms with Gasteiger partial charge in [0.15, 0.2) is 5.76 Å².